The molecule has 0 aliphatic carbocycles. The third kappa shape index (κ3) is 3.22. The van der Waals surface area contributed by atoms with Crippen molar-refractivity contribution >= 4 is 5.91 Å². The number of halogens is 1. The van der Waals surface area contributed by atoms with E-state index in [4.69, 9.17) is 0 Å². The van der Waals surface area contributed by atoms with Crippen LogP contribution in [-0.2, 0) is 18.4 Å². The van der Waals surface area contributed by atoms with Crippen molar-refractivity contribution in [2.24, 2.45) is 12.5 Å². The van der Waals surface area contributed by atoms with Gasteiger partial charge in [-0.15, -0.1) is 0 Å². The Morgan fingerprint density at radius 2 is 2.06 bits per heavy atom. The number of aromatic nitrogens is 2. The van der Waals surface area contributed by atoms with Crippen molar-refractivity contribution in [3.63, 3.8) is 0 Å². The lowest BCUT2D eigenvalue weighted by Crippen LogP contribution is -2.57. The molecule has 3 aliphatic rings. The van der Waals surface area contributed by atoms with Crippen LogP contribution in [-0.4, -0.2) is 57.7 Å². The molecule has 0 radical (unpaired) electrons. The number of hydrogen-bond acceptors (Lipinski definition) is 4. The molecule has 2 aromatic rings. The molecule has 6 nitrogen and oxygen atoms in total. The molecule has 1 unspecified atom stereocenters. The average molecular weight is 436 g/mol. The Balaban J connectivity index is 1.43. The Labute approximate surface area is 188 Å². The minimum absolute atomic E-state index is 0.101. The van der Waals surface area contributed by atoms with E-state index in [2.05, 4.69) is 21.4 Å². The summed E-state index contributed by atoms with van der Waals surface area (Å²) in [5.74, 6) is -0.199. The minimum Gasteiger partial charge on any atom is -0.314 e. The maximum absolute atomic E-state index is 15.1. The quantitative estimate of drug-likeness (QED) is 0.802. The highest BCUT2D eigenvalue weighted by Crippen LogP contribution is 2.50. The number of carbonyl (C=O) groups excluding carboxylic acids is 1. The van der Waals surface area contributed by atoms with Gasteiger partial charge in [0, 0.05) is 55.7 Å². The molecule has 168 valence electrons. The fraction of sp³-hybridized carbons (Fsp3) is 0.440. The van der Waals surface area contributed by atoms with Gasteiger partial charge in [0.15, 0.2) is 0 Å². The van der Waals surface area contributed by atoms with E-state index in [-0.39, 0.29) is 18.3 Å². The summed E-state index contributed by atoms with van der Waals surface area (Å²) in [6, 6.07) is 5.74. The summed E-state index contributed by atoms with van der Waals surface area (Å²) in [6.45, 7) is 7.86. The zero-order valence-corrected chi connectivity index (χ0v) is 18.9. The Hall–Kier alpha value is -2.77. The zero-order valence-electron chi connectivity index (χ0n) is 18.9. The van der Waals surface area contributed by atoms with Crippen molar-refractivity contribution in [2.45, 2.75) is 32.9 Å². The van der Waals surface area contributed by atoms with Crippen LogP contribution in [0.15, 0.2) is 54.0 Å². The summed E-state index contributed by atoms with van der Waals surface area (Å²) in [5, 5.41) is 7.49. The second-order valence-electron chi connectivity index (χ2n) is 9.09. The van der Waals surface area contributed by atoms with E-state index in [0.717, 1.165) is 55.0 Å². The standard InChI is InChI=1S/C25H30FN5O/c1-4-21-23(5-2)31(24(32)25(21)8-9-30(16-25)20-12-27-13-20)15-18-7-6-17(10-22(18)26)19-11-28-29(3)14-19/h4-7,10-11,14,20,27H,8-9,12-13,15-16H2,1-3H3. The molecule has 5 rings (SSSR count). The topological polar surface area (TPSA) is 53.4 Å². The first-order valence-electron chi connectivity index (χ1n) is 11.3. The summed E-state index contributed by atoms with van der Waals surface area (Å²) in [6.07, 6.45) is 8.48. The van der Waals surface area contributed by atoms with Gasteiger partial charge >= 0.3 is 0 Å². The Kier molecular flexibility index (Phi) is 5.26. The average Bonchev–Trinajstić information content (AvgIpc) is 3.42. The minimum atomic E-state index is -0.516. The normalized spacial score (nSPS) is 26.8. The van der Waals surface area contributed by atoms with Crippen molar-refractivity contribution < 1.29 is 9.18 Å². The molecule has 32 heavy (non-hydrogen) atoms. The number of hydrogen-bond donors (Lipinski definition) is 1. The number of allylic oxidation sites excluding steroid dienone is 3. The number of nitrogens with zero attached hydrogens (tertiary/aromatic N) is 4. The van der Waals surface area contributed by atoms with Crippen LogP contribution >= 0.6 is 0 Å². The van der Waals surface area contributed by atoms with Gasteiger partial charge in [0.25, 0.3) is 0 Å². The molecular weight excluding hydrogens is 405 g/mol. The van der Waals surface area contributed by atoms with Crippen LogP contribution in [0.2, 0.25) is 0 Å². The predicted molar refractivity (Wildman–Crippen MR) is 122 cm³/mol. The van der Waals surface area contributed by atoms with Crippen molar-refractivity contribution in [1.29, 1.82) is 0 Å². The van der Waals surface area contributed by atoms with Gasteiger partial charge in [-0.05, 0) is 44.0 Å². The van der Waals surface area contributed by atoms with Crippen molar-refractivity contribution in [2.75, 3.05) is 26.2 Å². The van der Waals surface area contributed by atoms with Crippen LogP contribution in [0.4, 0.5) is 4.39 Å². The predicted octanol–water partition coefficient (Wildman–Crippen LogP) is 3.08. The number of carbonyl (C=O) groups is 1. The molecule has 1 aromatic carbocycles. The molecule has 3 aliphatic heterocycles. The lowest BCUT2D eigenvalue weighted by molar-refractivity contribution is -0.134. The molecule has 4 heterocycles. The number of rotatable bonds is 4. The number of amides is 1. The maximum Gasteiger partial charge on any atom is 0.239 e. The van der Waals surface area contributed by atoms with Gasteiger partial charge in [-0.3, -0.25) is 14.4 Å². The summed E-state index contributed by atoms with van der Waals surface area (Å²) in [5.41, 5.74) is 3.67. The van der Waals surface area contributed by atoms with E-state index < -0.39 is 5.41 Å². The van der Waals surface area contributed by atoms with Gasteiger partial charge in [-0.2, -0.15) is 5.10 Å². The third-order valence-corrected chi connectivity index (χ3v) is 7.29. The third-order valence-electron chi connectivity index (χ3n) is 7.29. The SMILES string of the molecule is CC=C1C(=CC)C2(CCN(C3CNC3)C2)C(=O)N1Cc1ccc(-c2cnn(C)c2)cc1F. The van der Waals surface area contributed by atoms with Crippen LogP contribution in [0, 0.1) is 11.2 Å². The molecule has 3 saturated heterocycles. The van der Waals surface area contributed by atoms with Gasteiger partial charge in [0.2, 0.25) is 5.91 Å². The van der Waals surface area contributed by atoms with Gasteiger partial charge in [-0.25, -0.2) is 4.39 Å². The number of likely N-dealkylation sites (tertiary alicyclic amines) is 2. The van der Waals surface area contributed by atoms with E-state index in [0.29, 0.717) is 11.6 Å². The van der Waals surface area contributed by atoms with Gasteiger partial charge in [0.1, 0.15) is 5.82 Å². The fourth-order valence-electron chi connectivity index (χ4n) is 5.44. The smallest absolute Gasteiger partial charge is 0.239 e. The van der Waals surface area contributed by atoms with Crippen LogP contribution in [0.25, 0.3) is 11.1 Å². The Morgan fingerprint density at radius 3 is 2.66 bits per heavy atom. The van der Waals surface area contributed by atoms with E-state index in [1.807, 2.05) is 39.2 Å². The highest BCUT2D eigenvalue weighted by Gasteiger charge is 2.56. The number of benzene rings is 1. The van der Waals surface area contributed by atoms with Crippen LogP contribution < -0.4 is 5.32 Å². The summed E-state index contributed by atoms with van der Waals surface area (Å²) >= 11 is 0. The first kappa shape index (κ1) is 21.1. The zero-order chi connectivity index (χ0) is 22.5. The lowest BCUT2D eigenvalue weighted by Gasteiger charge is -2.36. The Morgan fingerprint density at radius 1 is 1.25 bits per heavy atom. The van der Waals surface area contributed by atoms with Gasteiger partial charge in [0.05, 0.1) is 18.2 Å². The van der Waals surface area contributed by atoms with Crippen molar-refractivity contribution in [3.05, 3.63) is 65.4 Å². The monoisotopic (exact) mass is 435 g/mol. The second-order valence-corrected chi connectivity index (χ2v) is 9.09. The molecule has 1 atom stereocenters. The lowest BCUT2D eigenvalue weighted by atomic mass is 9.80. The van der Waals surface area contributed by atoms with Gasteiger partial charge in [-0.1, -0.05) is 24.3 Å². The Bertz CT molecular complexity index is 1120. The van der Waals surface area contributed by atoms with E-state index in [9.17, 15) is 4.79 Å². The molecule has 3 fully saturated rings. The molecule has 1 N–H and O–H groups in total. The van der Waals surface area contributed by atoms with E-state index >= 15 is 4.39 Å². The van der Waals surface area contributed by atoms with Crippen molar-refractivity contribution in [3.8, 4) is 11.1 Å². The largest absolute Gasteiger partial charge is 0.314 e. The van der Waals surface area contributed by atoms with E-state index in [1.165, 1.54) is 6.07 Å². The molecule has 0 bridgehead atoms. The first-order chi connectivity index (χ1) is 15.5. The number of nitrogens with one attached hydrogen (secondary N) is 1. The second kappa shape index (κ2) is 7.98. The summed E-state index contributed by atoms with van der Waals surface area (Å²) in [4.78, 5) is 18.1. The van der Waals surface area contributed by atoms with Crippen LogP contribution in [0.3, 0.4) is 0 Å². The van der Waals surface area contributed by atoms with E-state index in [1.54, 1.807) is 21.8 Å². The van der Waals surface area contributed by atoms with Crippen LogP contribution in [0.1, 0.15) is 25.8 Å². The molecule has 7 heteroatoms. The summed E-state index contributed by atoms with van der Waals surface area (Å²) in [7, 11) is 1.84. The highest BCUT2D eigenvalue weighted by molar-refractivity contribution is 5.94. The molecular formula is C25H30FN5O. The van der Waals surface area contributed by atoms with Gasteiger partial charge < -0.3 is 10.2 Å². The molecule has 1 aromatic heterocycles. The first-order valence-corrected chi connectivity index (χ1v) is 11.3. The number of aryl methyl sites for hydroxylation is 1. The summed E-state index contributed by atoms with van der Waals surface area (Å²) < 4.78 is 16.8. The fourth-order valence-corrected chi connectivity index (χ4v) is 5.44. The van der Waals surface area contributed by atoms with Crippen molar-refractivity contribution in [1.82, 2.24) is 24.9 Å². The molecule has 1 spiro atoms. The highest BCUT2D eigenvalue weighted by atomic mass is 19.1. The molecule has 1 amide bonds. The molecule has 0 saturated carbocycles. The maximum atomic E-state index is 15.1. The van der Waals surface area contributed by atoms with Crippen LogP contribution in [0.5, 0.6) is 0 Å².